The Hall–Kier alpha value is -2.18. The Morgan fingerprint density at radius 2 is 2.04 bits per heavy atom. The molecule has 1 saturated heterocycles. The van der Waals surface area contributed by atoms with Crippen molar-refractivity contribution in [3.8, 4) is 0 Å². The Bertz CT molecular complexity index is 745. The molecular weight excluding hydrogens is 336 g/mol. The highest BCUT2D eigenvalue weighted by Crippen LogP contribution is 2.44. The molecule has 5 atom stereocenters. The second-order valence-electron chi connectivity index (χ2n) is 7.19. The summed E-state index contributed by atoms with van der Waals surface area (Å²) in [4.78, 5) is 24.4. The third-order valence-electron chi connectivity index (χ3n) is 5.05. The predicted molar refractivity (Wildman–Crippen MR) is 93.9 cm³/mol. The molecule has 3 aliphatic heterocycles. The van der Waals surface area contributed by atoms with Crippen LogP contribution in [0.4, 0.5) is 0 Å². The first kappa shape index (κ1) is 18.6. The van der Waals surface area contributed by atoms with E-state index in [9.17, 15) is 9.59 Å². The number of fused-ring (bicyclic) bond motifs is 4. The van der Waals surface area contributed by atoms with Crippen LogP contribution in [0, 0.1) is 5.92 Å². The van der Waals surface area contributed by atoms with Crippen molar-refractivity contribution in [2.24, 2.45) is 5.92 Å². The Morgan fingerprint density at radius 1 is 1.35 bits per heavy atom. The summed E-state index contributed by atoms with van der Waals surface area (Å²) >= 11 is 0. The number of ether oxygens (including phenoxy) is 4. The molecule has 6 nitrogen and oxygen atoms in total. The lowest BCUT2D eigenvalue weighted by atomic mass is 9.83. The van der Waals surface area contributed by atoms with Crippen LogP contribution in [0.25, 0.3) is 0 Å². The van der Waals surface area contributed by atoms with Crippen molar-refractivity contribution in [3.05, 3.63) is 47.6 Å². The van der Waals surface area contributed by atoms with Crippen molar-refractivity contribution >= 4 is 11.9 Å². The van der Waals surface area contributed by atoms with Gasteiger partial charge in [0.15, 0.2) is 0 Å². The lowest BCUT2D eigenvalue weighted by molar-refractivity contribution is -0.189. The first-order valence-corrected chi connectivity index (χ1v) is 8.54. The van der Waals surface area contributed by atoms with E-state index in [1.165, 1.54) is 0 Å². The van der Waals surface area contributed by atoms with E-state index in [1.54, 1.807) is 14.0 Å². The topological polar surface area (TPSA) is 71.1 Å². The van der Waals surface area contributed by atoms with Gasteiger partial charge in [-0.2, -0.15) is 0 Å². The van der Waals surface area contributed by atoms with Crippen LogP contribution in [0.5, 0.6) is 0 Å². The minimum absolute atomic E-state index is 0.288. The first-order valence-electron chi connectivity index (χ1n) is 8.54. The van der Waals surface area contributed by atoms with Crippen LogP contribution in [0.1, 0.15) is 27.2 Å². The molecule has 0 aromatic carbocycles. The smallest absolute Gasteiger partial charge is 0.334 e. The van der Waals surface area contributed by atoms with Crippen LogP contribution in [-0.2, 0) is 28.5 Å². The highest BCUT2D eigenvalue weighted by atomic mass is 16.7. The summed E-state index contributed by atoms with van der Waals surface area (Å²) in [5.41, 5.74) is 2.38. The first-order chi connectivity index (χ1) is 12.2. The van der Waals surface area contributed by atoms with Gasteiger partial charge in [-0.15, -0.1) is 0 Å². The van der Waals surface area contributed by atoms with Gasteiger partial charge in [0.05, 0.1) is 5.92 Å². The van der Waals surface area contributed by atoms with E-state index in [-0.39, 0.29) is 5.57 Å². The molecule has 3 rings (SSSR count). The second kappa shape index (κ2) is 6.52. The van der Waals surface area contributed by atoms with Gasteiger partial charge >= 0.3 is 11.9 Å². The molecule has 0 aromatic rings. The van der Waals surface area contributed by atoms with Crippen LogP contribution < -0.4 is 0 Å². The summed E-state index contributed by atoms with van der Waals surface area (Å²) in [7, 11) is 1.56. The summed E-state index contributed by atoms with van der Waals surface area (Å²) in [5, 5.41) is 0. The number of esters is 2. The van der Waals surface area contributed by atoms with Gasteiger partial charge in [0.2, 0.25) is 5.79 Å². The van der Waals surface area contributed by atoms with E-state index >= 15 is 0 Å². The van der Waals surface area contributed by atoms with E-state index in [2.05, 4.69) is 13.2 Å². The van der Waals surface area contributed by atoms with E-state index in [1.807, 2.05) is 26.0 Å². The average molecular weight is 360 g/mol. The standard InChI is InChI=1S/C20H24O6/c1-10(2)18(21)24-14-7-11(3)8-20(23-6)9-12(4)16(26-20)17-15(14)13(5)19(22)25-17/h8-9,14-17H,1,5,7H2,2-4,6H3/b11-8-/t14-,15+,16+,17-,20-/m0/s1. The van der Waals surface area contributed by atoms with Gasteiger partial charge in [-0.3, -0.25) is 0 Å². The van der Waals surface area contributed by atoms with Gasteiger partial charge in [0.25, 0.3) is 0 Å². The second-order valence-corrected chi connectivity index (χ2v) is 7.19. The Kier molecular flexibility index (Phi) is 4.67. The maximum absolute atomic E-state index is 12.2. The highest BCUT2D eigenvalue weighted by molar-refractivity contribution is 5.91. The molecule has 2 bridgehead atoms. The van der Waals surface area contributed by atoms with E-state index in [4.69, 9.17) is 18.9 Å². The van der Waals surface area contributed by atoms with Gasteiger partial charge < -0.3 is 18.9 Å². The number of carbonyl (C=O) groups excluding carboxylic acids is 2. The third-order valence-corrected chi connectivity index (χ3v) is 5.05. The van der Waals surface area contributed by atoms with Crippen molar-refractivity contribution in [2.45, 2.75) is 51.3 Å². The number of carbonyl (C=O) groups is 2. The minimum atomic E-state index is -1.02. The monoisotopic (exact) mass is 360 g/mol. The summed E-state index contributed by atoms with van der Waals surface area (Å²) in [6.45, 7) is 12.9. The predicted octanol–water partition coefficient (Wildman–Crippen LogP) is 2.61. The lowest BCUT2D eigenvalue weighted by Gasteiger charge is -2.30. The highest BCUT2D eigenvalue weighted by Gasteiger charge is 2.54. The van der Waals surface area contributed by atoms with Crippen LogP contribution in [0.3, 0.4) is 0 Å². The minimum Gasteiger partial charge on any atom is -0.458 e. The van der Waals surface area contributed by atoms with E-state index < -0.39 is 42.0 Å². The zero-order valence-corrected chi connectivity index (χ0v) is 15.5. The van der Waals surface area contributed by atoms with Gasteiger partial charge in [0.1, 0.15) is 18.3 Å². The maximum Gasteiger partial charge on any atom is 0.334 e. The van der Waals surface area contributed by atoms with Gasteiger partial charge in [0, 0.05) is 24.7 Å². The number of rotatable bonds is 3. The Labute approximate surface area is 153 Å². The molecule has 0 spiro atoms. The largest absolute Gasteiger partial charge is 0.458 e. The number of methoxy groups -OCH3 is 1. The van der Waals surface area contributed by atoms with Crippen LogP contribution in [0.15, 0.2) is 47.6 Å². The van der Waals surface area contributed by atoms with Crippen LogP contribution in [-0.4, -0.2) is 43.1 Å². The SMILES string of the molecule is C=C(C)C(=O)O[C@H]1C/C(C)=C\[C@@]2(OC)C=C(C)[C@@H](O2)[C@H]2OC(=O)C(=C)[C@@H]21. The van der Waals surface area contributed by atoms with Crippen LogP contribution in [0.2, 0.25) is 0 Å². The van der Waals surface area contributed by atoms with Crippen molar-refractivity contribution in [3.63, 3.8) is 0 Å². The fraction of sp³-hybridized carbons (Fsp3) is 0.500. The van der Waals surface area contributed by atoms with Gasteiger partial charge in [-0.1, -0.05) is 18.7 Å². The molecule has 0 N–H and O–H groups in total. The van der Waals surface area contributed by atoms with Gasteiger partial charge in [-0.25, -0.2) is 9.59 Å². The van der Waals surface area contributed by atoms with Crippen molar-refractivity contribution in [2.75, 3.05) is 7.11 Å². The number of hydrogen-bond acceptors (Lipinski definition) is 6. The molecule has 0 aromatic heterocycles. The Morgan fingerprint density at radius 3 is 2.65 bits per heavy atom. The third kappa shape index (κ3) is 3.04. The zero-order chi connectivity index (χ0) is 19.2. The van der Waals surface area contributed by atoms with Gasteiger partial charge in [-0.05, 0) is 38.5 Å². The quantitative estimate of drug-likeness (QED) is 0.438. The average Bonchev–Trinajstić information content (AvgIpc) is 3.04. The molecule has 0 saturated carbocycles. The fourth-order valence-corrected chi connectivity index (χ4v) is 3.79. The molecule has 3 aliphatic rings. The number of hydrogen-bond donors (Lipinski definition) is 0. The molecule has 0 radical (unpaired) electrons. The van der Waals surface area contributed by atoms with E-state index in [0.29, 0.717) is 12.0 Å². The normalized spacial score (nSPS) is 38.2. The fourth-order valence-electron chi connectivity index (χ4n) is 3.79. The van der Waals surface area contributed by atoms with Crippen molar-refractivity contribution in [1.29, 1.82) is 0 Å². The molecule has 0 amide bonds. The zero-order valence-electron chi connectivity index (χ0n) is 15.5. The molecule has 3 heterocycles. The Balaban J connectivity index is 2.06. The van der Waals surface area contributed by atoms with Crippen LogP contribution >= 0.6 is 0 Å². The lowest BCUT2D eigenvalue weighted by Crippen LogP contribution is -2.41. The molecular formula is C20H24O6. The van der Waals surface area contributed by atoms with E-state index in [0.717, 1.165) is 11.1 Å². The maximum atomic E-state index is 12.2. The van der Waals surface area contributed by atoms with Crippen molar-refractivity contribution < 1.29 is 28.5 Å². The summed E-state index contributed by atoms with van der Waals surface area (Å²) < 4.78 is 23.0. The molecule has 26 heavy (non-hydrogen) atoms. The van der Waals surface area contributed by atoms with Crippen molar-refractivity contribution in [1.82, 2.24) is 0 Å². The molecule has 140 valence electrons. The molecule has 1 fully saturated rings. The summed E-state index contributed by atoms with van der Waals surface area (Å²) in [6.07, 6.45) is 2.41. The summed E-state index contributed by atoms with van der Waals surface area (Å²) in [5.74, 6) is -2.53. The molecule has 6 heteroatoms. The molecule has 0 aliphatic carbocycles. The molecule has 0 unspecified atom stereocenters. The summed E-state index contributed by atoms with van der Waals surface area (Å²) in [6, 6.07) is 0.